The number of hydrogen-bond donors (Lipinski definition) is 3. The molecular weight excluding hydrogens is 432 g/mol. The number of amides is 2. The second-order valence-corrected chi connectivity index (χ2v) is 8.09. The molecule has 0 saturated heterocycles. The second-order valence-electron chi connectivity index (χ2n) is 7.66. The van der Waals surface area contributed by atoms with E-state index in [1.54, 1.807) is 23.1 Å². The van der Waals surface area contributed by atoms with E-state index in [1.807, 2.05) is 75.4 Å². The van der Waals surface area contributed by atoms with Crippen molar-refractivity contribution in [2.24, 2.45) is 4.99 Å². The van der Waals surface area contributed by atoms with E-state index in [2.05, 4.69) is 38.3 Å². The number of nitrogens with one attached hydrogen (secondary N) is 2. The summed E-state index contributed by atoms with van der Waals surface area (Å²) in [5.41, 5.74) is 6.66. The van der Waals surface area contributed by atoms with Crippen LogP contribution < -0.4 is 10.6 Å². The van der Waals surface area contributed by atoms with Crippen LogP contribution in [0.1, 0.15) is 16.7 Å². The quantitative estimate of drug-likeness (QED) is 0.206. The number of aliphatic imine (C=N–C) groups is 1. The molecule has 33 heavy (non-hydrogen) atoms. The molecule has 2 amide bonds. The van der Waals surface area contributed by atoms with Crippen LogP contribution in [0, 0.1) is 20.8 Å². The lowest BCUT2D eigenvalue weighted by atomic mass is 10.1. The van der Waals surface area contributed by atoms with Crippen LogP contribution in [0.5, 0.6) is 0 Å². The van der Waals surface area contributed by atoms with Crippen molar-refractivity contribution in [1.29, 1.82) is 0 Å². The number of rotatable bonds is 4. The van der Waals surface area contributed by atoms with Crippen LogP contribution in [0.2, 0.25) is 0 Å². The highest BCUT2D eigenvalue weighted by molar-refractivity contribution is 7.97. The summed E-state index contributed by atoms with van der Waals surface area (Å²) in [5, 5.41) is 10.5. The number of nitrogens with zero attached hydrogens (tertiary/aromatic N) is 4. The Hall–Kier alpha value is -3.91. The summed E-state index contributed by atoms with van der Waals surface area (Å²) in [6.07, 6.45) is 1.68. The maximum atomic E-state index is 12.3. The summed E-state index contributed by atoms with van der Waals surface area (Å²) in [6.45, 7) is 6.06. The molecule has 166 valence electrons. The topological polar surface area (TPSA) is 84.2 Å². The lowest BCUT2D eigenvalue weighted by Gasteiger charge is -2.10. The highest BCUT2D eigenvalue weighted by atomic mass is 32.1. The number of carbonyl (C=O) groups is 1. The highest BCUT2D eigenvalue weighted by Gasteiger charge is 2.08. The number of carbonyl (C=O) groups excluding carboxylic acids is 1. The number of hydrogen-bond acceptors (Lipinski definition) is 3. The van der Waals surface area contributed by atoms with Gasteiger partial charge in [0.1, 0.15) is 6.33 Å². The Morgan fingerprint density at radius 3 is 2.39 bits per heavy atom. The van der Waals surface area contributed by atoms with Crippen molar-refractivity contribution in [3.8, 4) is 17.1 Å². The van der Waals surface area contributed by atoms with E-state index < -0.39 is 6.03 Å². The van der Waals surface area contributed by atoms with E-state index in [0.717, 1.165) is 28.1 Å². The maximum Gasteiger partial charge on any atom is 0.347 e. The van der Waals surface area contributed by atoms with Crippen molar-refractivity contribution < 1.29 is 4.79 Å². The fourth-order valence-corrected chi connectivity index (χ4v) is 3.41. The van der Waals surface area contributed by atoms with Crippen LogP contribution in [0.4, 0.5) is 16.2 Å². The third kappa shape index (κ3) is 5.48. The van der Waals surface area contributed by atoms with Gasteiger partial charge in [0, 0.05) is 16.9 Å². The fraction of sp³-hybridized carbons (Fsp3) is 0.120. The van der Waals surface area contributed by atoms with Crippen LogP contribution >= 0.6 is 12.6 Å². The zero-order valence-corrected chi connectivity index (χ0v) is 19.5. The van der Waals surface area contributed by atoms with Gasteiger partial charge in [-0.3, -0.25) is 0 Å². The van der Waals surface area contributed by atoms with Gasteiger partial charge in [0.2, 0.25) is 0 Å². The van der Waals surface area contributed by atoms with Gasteiger partial charge >= 0.3 is 6.03 Å². The zero-order chi connectivity index (χ0) is 23.4. The van der Waals surface area contributed by atoms with E-state index in [4.69, 9.17) is 0 Å². The van der Waals surface area contributed by atoms with Gasteiger partial charge in [0.25, 0.3) is 0 Å². The number of thiol groups is 1. The summed E-state index contributed by atoms with van der Waals surface area (Å²) >= 11 is 4.29. The average molecular weight is 457 g/mol. The number of benzene rings is 3. The highest BCUT2D eigenvalue weighted by Crippen LogP contribution is 2.20. The molecular formula is C25H24N6OS. The minimum absolute atomic E-state index is 0.212. The first-order valence-electron chi connectivity index (χ1n) is 10.4. The number of amidine groups is 1. The smallest absolute Gasteiger partial charge is 0.335 e. The van der Waals surface area contributed by atoms with Gasteiger partial charge in [0.05, 0.1) is 5.69 Å². The van der Waals surface area contributed by atoms with Crippen molar-refractivity contribution in [1.82, 2.24) is 14.8 Å². The summed E-state index contributed by atoms with van der Waals surface area (Å²) in [6, 6.07) is 20.7. The van der Waals surface area contributed by atoms with Crippen molar-refractivity contribution in [2.45, 2.75) is 20.8 Å². The minimum atomic E-state index is -0.521. The van der Waals surface area contributed by atoms with Gasteiger partial charge in [-0.05, 0) is 74.4 Å². The number of aryl methyl sites for hydroxylation is 2. The van der Waals surface area contributed by atoms with E-state index >= 15 is 0 Å². The minimum Gasteiger partial charge on any atom is -0.335 e. The van der Waals surface area contributed by atoms with E-state index in [-0.39, 0.29) is 5.17 Å². The molecule has 0 spiro atoms. The standard InChI is InChI=1S/C25H24N6OS/c1-16-7-13-21(14-8-16)31-15-26-23(30-31)19-9-11-20(12-10-19)27-24(32)29-25(33)28-22-6-4-5-17(2)18(22)3/h4-15H,1-3H3,(H3,27,28,29,32,33). The third-order valence-corrected chi connectivity index (χ3v) is 5.46. The fourth-order valence-electron chi connectivity index (χ4n) is 3.20. The first-order valence-corrected chi connectivity index (χ1v) is 10.8. The van der Waals surface area contributed by atoms with Crippen molar-refractivity contribution in [3.63, 3.8) is 0 Å². The Morgan fingerprint density at radius 1 is 0.939 bits per heavy atom. The van der Waals surface area contributed by atoms with Crippen LogP contribution in [0.3, 0.4) is 0 Å². The van der Waals surface area contributed by atoms with Gasteiger partial charge in [-0.1, -0.05) is 29.8 Å². The molecule has 0 saturated carbocycles. The van der Waals surface area contributed by atoms with Crippen LogP contribution in [-0.4, -0.2) is 26.0 Å². The van der Waals surface area contributed by atoms with E-state index in [0.29, 0.717) is 11.5 Å². The lowest BCUT2D eigenvalue weighted by Crippen LogP contribution is -2.13. The molecule has 3 aromatic carbocycles. The van der Waals surface area contributed by atoms with Crippen LogP contribution in [-0.2, 0) is 0 Å². The van der Waals surface area contributed by atoms with Crippen LogP contribution in [0.15, 0.2) is 78.0 Å². The molecule has 0 aliphatic heterocycles. The number of anilines is 2. The van der Waals surface area contributed by atoms with Gasteiger partial charge < -0.3 is 10.6 Å². The maximum absolute atomic E-state index is 12.3. The molecule has 0 aliphatic carbocycles. The van der Waals surface area contributed by atoms with E-state index in [9.17, 15) is 4.79 Å². The Bertz CT molecular complexity index is 1310. The molecule has 4 aromatic rings. The summed E-state index contributed by atoms with van der Waals surface area (Å²) < 4.78 is 1.73. The Kier molecular flexibility index (Phi) is 6.55. The molecule has 2 N–H and O–H groups in total. The third-order valence-electron chi connectivity index (χ3n) is 5.24. The number of urea groups is 1. The number of aromatic nitrogens is 3. The van der Waals surface area contributed by atoms with Crippen molar-refractivity contribution in [3.05, 3.63) is 89.7 Å². The normalized spacial score (nSPS) is 11.3. The predicted octanol–water partition coefficient (Wildman–Crippen LogP) is 5.79. The lowest BCUT2D eigenvalue weighted by molar-refractivity contribution is 0.259. The molecule has 7 nitrogen and oxygen atoms in total. The summed E-state index contributed by atoms with van der Waals surface area (Å²) in [4.78, 5) is 20.6. The van der Waals surface area contributed by atoms with E-state index in [1.165, 1.54) is 5.56 Å². The molecule has 0 radical (unpaired) electrons. The van der Waals surface area contributed by atoms with Crippen molar-refractivity contribution >= 4 is 35.2 Å². The molecule has 0 unspecified atom stereocenters. The average Bonchev–Trinajstić information content (AvgIpc) is 3.28. The Balaban J connectivity index is 1.40. The monoisotopic (exact) mass is 456 g/mol. The largest absolute Gasteiger partial charge is 0.347 e. The molecule has 1 aromatic heterocycles. The predicted molar refractivity (Wildman–Crippen MR) is 137 cm³/mol. The van der Waals surface area contributed by atoms with Crippen molar-refractivity contribution in [2.75, 3.05) is 10.6 Å². The molecule has 0 fully saturated rings. The van der Waals surface area contributed by atoms with Gasteiger partial charge in [0.15, 0.2) is 11.0 Å². The molecule has 4 rings (SSSR count). The zero-order valence-electron chi connectivity index (χ0n) is 18.6. The summed E-state index contributed by atoms with van der Waals surface area (Å²) in [5.74, 6) is 0.599. The molecule has 0 aliphatic rings. The van der Waals surface area contributed by atoms with Gasteiger partial charge in [-0.2, -0.15) is 4.99 Å². The SMILES string of the molecule is Cc1ccc(-n2cnc(-c3ccc(NC(=O)/N=C(\S)Nc4cccc(C)c4C)cc3)n2)cc1. The first-order chi connectivity index (χ1) is 15.9. The Morgan fingerprint density at radius 2 is 1.67 bits per heavy atom. The van der Waals surface area contributed by atoms with Crippen LogP contribution in [0.25, 0.3) is 17.1 Å². The second kappa shape index (κ2) is 9.70. The molecule has 0 bridgehead atoms. The molecule has 1 heterocycles. The molecule has 0 atom stereocenters. The summed E-state index contributed by atoms with van der Waals surface area (Å²) in [7, 11) is 0. The molecule has 8 heteroatoms. The Labute approximate surface area is 198 Å². The first kappa shape index (κ1) is 22.3. The van der Waals surface area contributed by atoms with Gasteiger partial charge in [-0.25, -0.2) is 14.5 Å². The van der Waals surface area contributed by atoms with Gasteiger partial charge in [-0.15, -0.1) is 17.7 Å².